The van der Waals surface area contributed by atoms with E-state index in [0.29, 0.717) is 6.54 Å². The zero-order valence-corrected chi connectivity index (χ0v) is 10.2. The van der Waals surface area contributed by atoms with Gasteiger partial charge in [0.2, 0.25) is 11.8 Å². The van der Waals surface area contributed by atoms with E-state index in [-0.39, 0.29) is 36.8 Å². The lowest BCUT2D eigenvalue weighted by Crippen LogP contribution is -2.45. The Labute approximate surface area is 99.5 Å². The quantitative estimate of drug-likeness (QED) is 0.621. The summed E-state index contributed by atoms with van der Waals surface area (Å²) in [7, 11) is 0. The summed E-state index contributed by atoms with van der Waals surface area (Å²) in [6.45, 7) is 2.50. The van der Waals surface area contributed by atoms with Crippen LogP contribution in [0, 0.1) is 0 Å². The van der Waals surface area contributed by atoms with Gasteiger partial charge in [-0.2, -0.15) is 0 Å². The Morgan fingerprint density at radius 1 is 1.47 bits per heavy atom. The summed E-state index contributed by atoms with van der Waals surface area (Å²) in [5.74, 6) is 1.34. The number of thioether (sulfide) groups is 1. The highest BCUT2D eigenvalue weighted by Crippen LogP contribution is 2.08. The van der Waals surface area contributed by atoms with E-state index < -0.39 is 0 Å². The van der Waals surface area contributed by atoms with Crippen LogP contribution in [0.25, 0.3) is 0 Å². The van der Waals surface area contributed by atoms with Gasteiger partial charge < -0.3 is 10.6 Å². The van der Waals surface area contributed by atoms with Crippen molar-refractivity contribution < 1.29 is 9.59 Å². The van der Waals surface area contributed by atoms with Gasteiger partial charge in [-0.05, 0) is 6.92 Å². The van der Waals surface area contributed by atoms with Crippen LogP contribution in [-0.2, 0) is 9.59 Å². The molecule has 1 saturated heterocycles. The van der Waals surface area contributed by atoms with Gasteiger partial charge >= 0.3 is 0 Å². The van der Waals surface area contributed by atoms with Gasteiger partial charge in [-0.15, -0.1) is 24.2 Å². The first kappa shape index (κ1) is 14.5. The molecule has 0 radical (unpaired) electrons. The smallest absolute Gasteiger partial charge is 0.239 e. The van der Waals surface area contributed by atoms with E-state index in [1.807, 2.05) is 6.92 Å². The van der Waals surface area contributed by atoms with Crippen molar-refractivity contribution in [3.8, 4) is 0 Å². The zero-order chi connectivity index (χ0) is 10.4. The summed E-state index contributed by atoms with van der Waals surface area (Å²) in [5, 5.41) is 8.23. The van der Waals surface area contributed by atoms with Crippen LogP contribution in [-0.4, -0.2) is 42.6 Å². The van der Waals surface area contributed by atoms with Crippen molar-refractivity contribution in [1.82, 2.24) is 16.0 Å². The molecule has 0 aromatic rings. The topological polar surface area (TPSA) is 70.2 Å². The van der Waals surface area contributed by atoms with Gasteiger partial charge in [-0.25, -0.2) is 0 Å². The van der Waals surface area contributed by atoms with E-state index in [2.05, 4.69) is 16.0 Å². The molecule has 15 heavy (non-hydrogen) atoms. The molecule has 1 aliphatic rings. The minimum absolute atomic E-state index is 0. The first-order chi connectivity index (χ1) is 6.74. The van der Waals surface area contributed by atoms with Gasteiger partial charge in [-0.1, -0.05) is 0 Å². The Morgan fingerprint density at radius 2 is 2.20 bits per heavy atom. The molecule has 0 aliphatic carbocycles. The molecule has 0 aromatic heterocycles. The molecule has 0 saturated carbocycles. The van der Waals surface area contributed by atoms with Crippen LogP contribution < -0.4 is 16.0 Å². The molecule has 1 fully saturated rings. The molecule has 1 heterocycles. The summed E-state index contributed by atoms with van der Waals surface area (Å²) < 4.78 is 0. The van der Waals surface area contributed by atoms with Crippen molar-refractivity contribution in [2.24, 2.45) is 0 Å². The monoisotopic (exact) mass is 253 g/mol. The van der Waals surface area contributed by atoms with Gasteiger partial charge in [-0.3, -0.25) is 14.9 Å². The molecule has 1 unspecified atom stereocenters. The zero-order valence-electron chi connectivity index (χ0n) is 8.54. The third-order valence-corrected chi connectivity index (χ3v) is 2.77. The van der Waals surface area contributed by atoms with E-state index in [9.17, 15) is 9.59 Å². The summed E-state index contributed by atoms with van der Waals surface area (Å²) in [5.41, 5.74) is 0. The number of hydrogen-bond donors (Lipinski definition) is 3. The standard InChI is InChI=1S/C8H15N3O2S.ClH/c1-2-9-7(12)3-10-8(13)6-4-14-5-11-6;/h6,11H,2-5H2,1H3,(H,9,12)(H,10,13);1H. The van der Waals surface area contributed by atoms with E-state index >= 15 is 0 Å². The maximum absolute atomic E-state index is 11.4. The Kier molecular flexibility index (Phi) is 7.54. The van der Waals surface area contributed by atoms with Crippen LogP contribution in [0.4, 0.5) is 0 Å². The van der Waals surface area contributed by atoms with Crippen LogP contribution in [0.2, 0.25) is 0 Å². The van der Waals surface area contributed by atoms with Crippen molar-refractivity contribution in [3.05, 3.63) is 0 Å². The molecular weight excluding hydrogens is 238 g/mol. The number of carbonyl (C=O) groups excluding carboxylic acids is 2. The second kappa shape index (κ2) is 7.78. The number of nitrogens with one attached hydrogen (secondary N) is 3. The third kappa shape index (κ3) is 5.25. The maximum atomic E-state index is 11.4. The molecule has 5 nitrogen and oxygen atoms in total. The average Bonchev–Trinajstić information content (AvgIpc) is 2.67. The minimum Gasteiger partial charge on any atom is -0.355 e. The maximum Gasteiger partial charge on any atom is 0.239 e. The average molecular weight is 254 g/mol. The molecule has 2 amide bonds. The van der Waals surface area contributed by atoms with Crippen molar-refractivity contribution in [3.63, 3.8) is 0 Å². The van der Waals surface area contributed by atoms with Crippen molar-refractivity contribution in [2.75, 3.05) is 24.7 Å². The number of halogens is 1. The Morgan fingerprint density at radius 3 is 2.73 bits per heavy atom. The van der Waals surface area contributed by atoms with Crippen molar-refractivity contribution >= 4 is 36.0 Å². The van der Waals surface area contributed by atoms with Gasteiger partial charge in [0.15, 0.2) is 0 Å². The molecule has 3 N–H and O–H groups in total. The fourth-order valence-corrected chi connectivity index (χ4v) is 2.06. The molecule has 88 valence electrons. The molecule has 0 aromatic carbocycles. The Hall–Kier alpha value is -0.460. The second-order valence-corrected chi connectivity index (χ2v) is 3.97. The van der Waals surface area contributed by atoms with Crippen LogP contribution in [0.3, 0.4) is 0 Å². The lowest BCUT2D eigenvalue weighted by molar-refractivity contribution is -0.126. The van der Waals surface area contributed by atoms with Gasteiger partial charge in [0.05, 0.1) is 12.6 Å². The highest BCUT2D eigenvalue weighted by molar-refractivity contribution is 7.99. The molecule has 7 heteroatoms. The molecule has 0 bridgehead atoms. The Balaban J connectivity index is 0.00000196. The summed E-state index contributed by atoms with van der Waals surface area (Å²) >= 11 is 1.68. The van der Waals surface area contributed by atoms with Crippen LogP contribution in [0.1, 0.15) is 6.92 Å². The van der Waals surface area contributed by atoms with E-state index in [1.165, 1.54) is 0 Å². The highest BCUT2D eigenvalue weighted by Gasteiger charge is 2.22. The van der Waals surface area contributed by atoms with Crippen LogP contribution >= 0.6 is 24.2 Å². The largest absolute Gasteiger partial charge is 0.355 e. The number of rotatable bonds is 4. The molecule has 1 rings (SSSR count). The van der Waals surface area contributed by atoms with Gasteiger partial charge in [0, 0.05) is 18.2 Å². The van der Waals surface area contributed by atoms with E-state index in [0.717, 1.165) is 11.6 Å². The fraction of sp³-hybridized carbons (Fsp3) is 0.750. The van der Waals surface area contributed by atoms with Crippen molar-refractivity contribution in [2.45, 2.75) is 13.0 Å². The molecule has 1 atom stereocenters. The molecule has 1 aliphatic heterocycles. The van der Waals surface area contributed by atoms with E-state index in [4.69, 9.17) is 0 Å². The predicted octanol–water partition coefficient (Wildman–Crippen LogP) is -0.677. The van der Waals surface area contributed by atoms with Gasteiger partial charge in [0.25, 0.3) is 0 Å². The lowest BCUT2D eigenvalue weighted by atomic mass is 10.3. The first-order valence-corrected chi connectivity index (χ1v) is 5.75. The van der Waals surface area contributed by atoms with E-state index in [1.54, 1.807) is 11.8 Å². The lowest BCUT2D eigenvalue weighted by Gasteiger charge is -2.09. The fourth-order valence-electron chi connectivity index (χ4n) is 1.11. The summed E-state index contributed by atoms with van der Waals surface area (Å²) in [6, 6.07) is -0.144. The predicted molar refractivity (Wildman–Crippen MR) is 63.2 cm³/mol. The van der Waals surface area contributed by atoms with Crippen LogP contribution in [0.5, 0.6) is 0 Å². The number of amides is 2. The summed E-state index contributed by atoms with van der Waals surface area (Å²) in [6.07, 6.45) is 0. The molecular formula is C8H16ClN3O2S. The minimum atomic E-state index is -0.147. The normalized spacial score (nSPS) is 19.1. The number of likely N-dealkylation sites (N-methyl/N-ethyl adjacent to an activating group) is 1. The molecule has 0 spiro atoms. The number of hydrogen-bond acceptors (Lipinski definition) is 4. The van der Waals surface area contributed by atoms with Gasteiger partial charge in [0.1, 0.15) is 0 Å². The SMILES string of the molecule is CCNC(=O)CNC(=O)C1CSCN1.Cl. The number of carbonyl (C=O) groups is 2. The third-order valence-electron chi connectivity index (χ3n) is 1.83. The van der Waals surface area contributed by atoms with Crippen LogP contribution in [0.15, 0.2) is 0 Å². The first-order valence-electron chi connectivity index (χ1n) is 4.59. The summed E-state index contributed by atoms with van der Waals surface area (Å²) in [4.78, 5) is 22.4. The Bertz CT molecular complexity index is 222. The highest BCUT2D eigenvalue weighted by atomic mass is 35.5. The van der Waals surface area contributed by atoms with Crippen molar-refractivity contribution in [1.29, 1.82) is 0 Å². The second-order valence-electron chi connectivity index (χ2n) is 2.94.